The van der Waals surface area contributed by atoms with Gasteiger partial charge in [-0.3, -0.25) is 0 Å². The summed E-state index contributed by atoms with van der Waals surface area (Å²) in [5.41, 5.74) is 0.243. The van der Waals surface area contributed by atoms with E-state index < -0.39 is 0 Å². The summed E-state index contributed by atoms with van der Waals surface area (Å²) >= 11 is 0. The normalized spacial score (nSPS) is 32.1. The lowest BCUT2D eigenvalue weighted by molar-refractivity contribution is -0.0312. The van der Waals surface area contributed by atoms with Gasteiger partial charge in [0.1, 0.15) is 0 Å². The number of hydrogen-bond acceptors (Lipinski definition) is 2. The molecule has 1 rings (SSSR count). The van der Waals surface area contributed by atoms with Crippen molar-refractivity contribution in [1.29, 1.82) is 0 Å². The van der Waals surface area contributed by atoms with Crippen LogP contribution in [0.4, 0.5) is 0 Å². The molecule has 0 saturated carbocycles. The minimum atomic E-state index is -0.233. The monoisotopic (exact) mass is 186 g/mol. The fourth-order valence-electron chi connectivity index (χ4n) is 1.90. The third-order valence-corrected chi connectivity index (χ3v) is 2.68. The molecule has 0 aromatic heterocycles. The van der Waals surface area contributed by atoms with Crippen molar-refractivity contribution in [3.8, 4) is 0 Å². The summed E-state index contributed by atoms with van der Waals surface area (Å²) in [6, 6.07) is 0. The van der Waals surface area contributed by atoms with Crippen molar-refractivity contribution >= 4 is 0 Å². The van der Waals surface area contributed by atoms with Gasteiger partial charge in [0.05, 0.1) is 18.3 Å². The van der Waals surface area contributed by atoms with Gasteiger partial charge in [-0.25, -0.2) is 0 Å². The van der Waals surface area contributed by atoms with Crippen LogP contribution < -0.4 is 0 Å². The van der Waals surface area contributed by atoms with Gasteiger partial charge in [0.15, 0.2) is 0 Å². The second kappa shape index (κ2) is 3.97. The van der Waals surface area contributed by atoms with Crippen molar-refractivity contribution in [3.05, 3.63) is 0 Å². The Kier molecular flexibility index (Phi) is 3.36. The summed E-state index contributed by atoms with van der Waals surface area (Å²) in [6.07, 6.45) is 3.45. The number of aliphatic hydroxyl groups is 1. The molecule has 1 aliphatic rings. The largest absolute Gasteiger partial charge is 0.393 e. The molecular weight excluding hydrogens is 164 g/mol. The molecule has 3 atom stereocenters. The summed E-state index contributed by atoms with van der Waals surface area (Å²) in [6.45, 7) is 8.46. The molecule has 78 valence electrons. The van der Waals surface area contributed by atoms with E-state index in [9.17, 15) is 5.11 Å². The second-order valence-electron chi connectivity index (χ2n) is 5.27. The minimum Gasteiger partial charge on any atom is -0.393 e. The van der Waals surface area contributed by atoms with Crippen LogP contribution in [0.25, 0.3) is 0 Å². The Labute approximate surface area is 81.3 Å². The van der Waals surface area contributed by atoms with Crippen LogP contribution in [0.2, 0.25) is 0 Å². The number of ether oxygens (including phenoxy) is 1. The van der Waals surface area contributed by atoms with Gasteiger partial charge in [-0.1, -0.05) is 20.8 Å². The van der Waals surface area contributed by atoms with Gasteiger partial charge in [0.2, 0.25) is 0 Å². The van der Waals surface area contributed by atoms with E-state index in [4.69, 9.17) is 4.74 Å². The first-order valence-corrected chi connectivity index (χ1v) is 5.23. The molecule has 1 heterocycles. The second-order valence-corrected chi connectivity index (χ2v) is 5.27. The highest BCUT2D eigenvalue weighted by molar-refractivity contribution is 4.83. The first kappa shape index (κ1) is 11.0. The quantitative estimate of drug-likeness (QED) is 0.717. The molecule has 2 nitrogen and oxygen atoms in total. The van der Waals surface area contributed by atoms with E-state index in [0.29, 0.717) is 6.10 Å². The van der Waals surface area contributed by atoms with Gasteiger partial charge in [0.25, 0.3) is 0 Å². The molecule has 0 aliphatic carbocycles. The highest BCUT2D eigenvalue weighted by Gasteiger charge is 2.33. The van der Waals surface area contributed by atoms with E-state index in [1.165, 1.54) is 0 Å². The van der Waals surface area contributed by atoms with Gasteiger partial charge in [-0.15, -0.1) is 0 Å². The van der Waals surface area contributed by atoms with Gasteiger partial charge < -0.3 is 9.84 Å². The molecule has 0 unspecified atom stereocenters. The van der Waals surface area contributed by atoms with Gasteiger partial charge in [0, 0.05) is 0 Å². The van der Waals surface area contributed by atoms with Crippen molar-refractivity contribution < 1.29 is 9.84 Å². The third-order valence-electron chi connectivity index (χ3n) is 2.68. The summed E-state index contributed by atoms with van der Waals surface area (Å²) in [4.78, 5) is 0. The standard InChI is InChI=1S/C11H22O2/c1-8(12)7-9-5-6-10(13-9)11(2,3)4/h8-10,12H,5-7H2,1-4H3/t8-,9-,10+/m1/s1. The molecule has 0 aromatic rings. The van der Waals surface area contributed by atoms with Gasteiger partial charge >= 0.3 is 0 Å². The average molecular weight is 186 g/mol. The van der Waals surface area contributed by atoms with Crippen molar-refractivity contribution in [2.75, 3.05) is 0 Å². The molecule has 2 heteroatoms. The SMILES string of the molecule is C[C@@H](O)C[C@H]1CC[C@@H](C(C)(C)C)O1. The van der Waals surface area contributed by atoms with Crippen molar-refractivity contribution in [2.24, 2.45) is 5.41 Å². The Bertz CT molecular complexity index is 158. The van der Waals surface area contributed by atoms with E-state index in [-0.39, 0.29) is 17.6 Å². The van der Waals surface area contributed by atoms with Crippen LogP contribution in [0.5, 0.6) is 0 Å². The van der Waals surface area contributed by atoms with E-state index in [1.54, 1.807) is 0 Å². The van der Waals surface area contributed by atoms with Crippen LogP contribution in [-0.4, -0.2) is 23.4 Å². The Morgan fingerprint density at radius 1 is 1.38 bits per heavy atom. The Balaban J connectivity index is 2.36. The Hall–Kier alpha value is -0.0800. The summed E-state index contributed by atoms with van der Waals surface area (Å²) in [7, 11) is 0. The van der Waals surface area contributed by atoms with E-state index in [1.807, 2.05) is 6.92 Å². The van der Waals surface area contributed by atoms with Crippen LogP contribution in [0, 0.1) is 5.41 Å². The average Bonchev–Trinajstić information content (AvgIpc) is 2.32. The topological polar surface area (TPSA) is 29.5 Å². The van der Waals surface area contributed by atoms with Gasteiger partial charge in [-0.05, 0) is 31.6 Å². The zero-order chi connectivity index (χ0) is 10.1. The molecule has 1 aliphatic heterocycles. The molecule has 0 spiro atoms. The first-order valence-electron chi connectivity index (χ1n) is 5.23. The lowest BCUT2D eigenvalue weighted by Gasteiger charge is -2.27. The first-order chi connectivity index (χ1) is 5.89. The maximum atomic E-state index is 9.22. The molecule has 0 amide bonds. The van der Waals surface area contributed by atoms with Crippen molar-refractivity contribution in [2.45, 2.75) is 65.3 Å². The van der Waals surface area contributed by atoms with Crippen LogP contribution in [0.1, 0.15) is 47.0 Å². The van der Waals surface area contributed by atoms with Crippen LogP contribution in [0.3, 0.4) is 0 Å². The Morgan fingerprint density at radius 2 is 2.00 bits per heavy atom. The Morgan fingerprint density at radius 3 is 2.38 bits per heavy atom. The van der Waals surface area contributed by atoms with E-state index >= 15 is 0 Å². The fraction of sp³-hybridized carbons (Fsp3) is 1.00. The molecule has 1 fully saturated rings. The number of aliphatic hydroxyl groups excluding tert-OH is 1. The highest BCUT2D eigenvalue weighted by Crippen LogP contribution is 2.34. The summed E-state index contributed by atoms with van der Waals surface area (Å²) in [5.74, 6) is 0. The molecule has 0 aromatic carbocycles. The van der Waals surface area contributed by atoms with E-state index in [2.05, 4.69) is 20.8 Å². The third kappa shape index (κ3) is 3.28. The van der Waals surface area contributed by atoms with E-state index in [0.717, 1.165) is 19.3 Å². The number of hydrogen-bond donors (Lipinski definition) is 1. The van der Waals surface area contributed by atoms with Crippen LogP contribution >= 0.6 is 0 Å². The molecular formula is C11H22O2. The lowest BCUT2D eigenvalue weighted by atomic mass is 9.87. The van der Waals surface area contributed by atoms with Crippen LogP contribution in [-0.2, 0) is 4.74 Å². The molecule has 1 saturated heterocycles. The molecule has 1 N–H and O–H groups in total. The fourth-order valence-corrected chi connectivity index (χ4v) is 1.90. The summed E-state index contributed by atoms with van der Waals surface area (Å²) in [5, 5.41) is 9.22. The summed E-state index contributed by atoms with van der Waals surface area (Å²) < 4.78 is 5.88. The zero-order valence-corrected chi connectivity index (χ0v) is 9.21. The van der Waals surface area contributed by atoms with Crippen molar-refractivity contribution in [1.82, 2.24) is 0 Å². The smallest absolute Gasteiger partial charge is 0.0628 e. The highest BCUT2D eigenvalue weighted by atomic mass is 16.5. The molecule has 0 bridgehead atoms. The lowest BCUT2D eigenvalue weighted by Crippen LogP contribution is -2.27. The predicted octanol–water partition coefficient (Wildman–Crippen LogP) is 2.35. The maximum absolute atomic E-state index is 9.22. The van der Waals surface area contributed by atoms with Crippen molar-refractivity contribution in [3.63, 3.8) is 0 Å². The molecule has 13 heavy (non-hydrogen) atoms. The van der Waals surface area contributed by atoms with Gasteiger partial charge in [-0.2, -0.15) is 0 Å². The number of rotatable bonds is 2. The predicted molar refractivity (Wildman–Crippen MR) is 53.6 cm³/mol. The van der Waals surface area contributed by atoms with Crippen LogP contribution in [0.15, 0.2) is 0 Å². The minimum absolute atomic E-state index is 0.233. The maximum Gasteiger partial charge on any atom is 0.0628 e. The zero-order valence-electron chi connectivity index (χ0n) is 9.21. The molecule has 0 radical (unpaired) electrons.